The van der Waals surface area contributed by atoms with E-state index in [2.05, 4.69) is 3.07 Å². The van der Waals surface area contributed by atoms with Crippen molar-refractivity contribution in [1.29, 1.82) is 0 Å². The Labute approximate surface area is 56.3 Å². The van der Waals surface area contributed by atoms with E-state index in [1.165, 1.54) is 27.9 Å². The first-order valence-electron chi connectivity index (χ1n) is 1.68. The predicted molar refractivity (Wildman–Crippen MR) is 34.2 cm³/mol. The van der Waals surface area contributed by atoms with Crippen LogP contribution in [0.15, 0.2) is 0 Å². The van der Waals surface area contributed by atoms with Crippen molar-refractivity contribution in [2.45, 2.75) is 0 Å². The molecule has 0 aromatic heterocycles. The molecule has 0 fully saturated rings. The van der Waals surface area contributed by atoms with Crippen molar-refractivity contribution in [2.75, 3.05) is 14.1 Å². The van der Waals surface area contributed by atoms with Crippen molar-refractivity contribution in [3.63, 3.8) is 0 Å². The Bertz CT molecular complexity index is 73.3. The van der Waals surface area contributed by atoms with Crippen LogP contribution in [0.25, 0.3) is 0 Å². The van der Waals surface area contributed by atoms with Gasteiger partial charge in [-0.15, -0.1) is 0 Å². The van der Waals surface area contributed by atoms with Gasteiger partial charge in [-0.1, -0.05) is 0 Å². The molecule has 0 bridgehead atoms. The number of hydrogen-bond donors (Lipinski definition) is 0. The zero-order valence-electron chi connectivity index (χ0n) is 4.14. The maximum Gasteiger partial charge on any atom is 0.418 e. The maximum atomic E-state index is 10.2. The molecule has 0 aromatic carbocycles. The van der Waals surface area contributed by atoms with E-state index in [9.17, 15) is 4.79 Å². The molecule has 0 saturated carbocycles. The highest BCUT2D eigenvalue weighted by Gasteiger charge is 1.98. The van der Waals surface area contributed by atoms with Crippen LogP contribution in [0.4, 0.5) is 4.79 Å². The minimum atomic E-state index is -0.333. The maximum absolute atomic E-state index is 10.2. The average molecular weight is 215 g/mol. The molecule has 1 amide bonds. The van der Waals surface area contributed by atoms with Crippen molar-refractivity contribution in [2.24, 2.45) is 0 Å². The fraction of sp³-hybridized carbons (Fsp3) is 0.667. The number of amides is 1. The quantitative estimate of drug-likeness (QED) is 0.565. The Hall–Kier alpha value is 0. The van der Waals surface area contributed by atoms with Crippen LogP contribution < -0.4 is 0 Å². The zero-order valence-corrected chi connectivity index (χ0v) is 6.30. The monoisotopic (exact) mass is 215 g/mol. The highest BCUT2D eigenvalue weighted by atomic mass is 127. The van der Waals surface area contributed by atoms with Gasteiger partial charge in [-0.2, -0.15) is 0 Å². The van der Waals surface area contributed by atoms with Crippen molar-refractivity contribution in [3.05, 3.63) is 0 Å². The van der Waals surface area contributed by atoms with Crippen LogP contribution in [0.2, 0.25) is 0 Å². The Morgan fingerprint density at radius 3 is 2.14 bits per heavy atom. The van der Waals surface area contributed by atoms with E-state index in [-0.39, 0.29) is 6.09 Å². The van der Waals surface area contributed by atoms with Crippen molar-refractivity contribution >= 4 is 29.1 Å². The second-order valence-corrected chi connectivity index (χ2v) is 1.68. The third kappa shape index (κ3) is 2.67. The first-order chi connectivity index (χ1) is 3.18. The van der Waals surface area contributed by atoms with Gasteiger partial charge in [0.05, 0.1) is 0 Å². The van der Waals surface area contributed by atoms with Gasteiger partial charge < -0.3 is 7.97 Å². The number of carbonyl (C=O) groups excluding carboxylic acids is 1. The molecule has 0 aliphatic rings. The van der Waals surface area contributed by atoms with Gasteiger partial charge >= 0.3 is 6.09 Å². The van der Waals surface area contributed by atoms with Crippen LogP contribution in [0.3, 0.4) is 0 Å². The summed E-state index contributed by atoms with van der Waals surface area (Å²) in [5.41, 5.74) is 0. The average Bonchev–Trinajstić information content (AvgIpc) is 1.65. The summed E-state index contributed by atoms with van der Waals surface area (Å²) in [7, 11) is 3.25. The molecule has 0 N–H and O–H groups in total. The van der Waals surface area contributed by atoms with Crippen LogP contribution >= 0.6 is 23.0 Å². The Kier molecular flexibility index (Phi) is 3.06. The molecule has 7 heavy (non-hydrogen) atoms. The standard InChI is InChI=1S/C3H6INO2/c1-5(2)3(6)7-4/h1-2H3. The molecule has 0 aromatic rings. The lowest BCUT2D eigenvalue weighted by molar-refractivity contribution is 0.187. The van der Waals surface area contributed by atoms with Crippen LogP contribution in [-0.2, 0) is 3.07 Å². The normalized spacial score (nSPS) is 7.86. The van der Waals surface area contributed by atoms with Gasteiger partial charge in [0.2, 0.25) is 0 Å². The number of halogens is 1. The van der Waals surface area contributed by atoms with Gasteiger partial charge in [-0.05, 0) is 0 Å². The van der Waals surface area contributed by atoms with Gasteiger partial charge in [-0.25, -0.2) is 4.79 Å². The molecule has 0 saturated heterocycles. The molecular formula is C3H6INO2. The number of carbonyl (C=O) groups is 1. The third-order valence-corrected chi connectivity index (χ3v) is 0.808. The first-order valence-corrected chi connectivity index (χ1v) is 2.56. The van der Waals surface area contributed by atoms with Gasteiger partial charge in [-0.3, -0.25) is 0 Å². The van der Waals surface area contributed by atoms with E-state index in [4.69, 9.17) is 0 Å². The van der Waals surface area contributed by atoms with Gasteiger partial charge in [0.15, 0.2) is 23.0 Å². The molecule has 0 radical (unpaired) electrons. The molecule has 0 heterocycles. The summed E-state index contributed by atoms with van der Waals surface area (Å²) in [6.07, 6.45) is -0.333. The molecule has 0 atom stereocenters. The van der Waals surface area contributed by atoms with E-state index in [1.807, 2.05) is 0 Å². The van der Waals surface area contributed by atoms with Crippen molar-refractivity contribution < 1.29 is 7.86 Å². The van der Waals surface area contributed by atoms with Crippen LogP contribution in [0, 0.1) is 0 Å². The highest BCUT2D eigenvalue weighted by Crippen LogP contribution is 1.90. The van der Waals surface area contributed by atoms with E-state index >= 15 is 0 Å². The molecule has 4 heteroatoms. The summed E-state index contributed by atoms with van der Waals surface area (Å²) in [5, 5.41) is 0. The van der Waals surface area contributed by atoms with Gasteiger partial charge in [0.25, 0.3) is 0 Å². The molecule has 0 aliphatic heterocycles. The molecule has 0 spiro atoms. The zero-order chi connectivity index (χ0) is 5.86. The fourth-order valence-corrected chi connectivity index (χ4v) is 0.463. The fourth-order valence-electron chi connectivity index (χ4n) is 0.0690. The van der Waals surface area contributed by atoms with E-state index in [0.29, 0.717) is 0 Å². The first kappa shape index (κ1) is 7.00. The number of hydrogen-bond acceptors (Lipinski definition) is 2. The van der Waals surface area contributed by atoms with Gasteiger partial charge in [0, 0.05) is 14.1 Å². The summed E-state index contributed by atoms with van der Waals surface area (Å²) in [5.74, 6) is 0. The third-order valence-electron chi connectivity index (χ3n) is 0.431. The van der Waals surface area contributed by atoms with Crippen LogP contribution in [0.5, 0.6) is 0 Å². The lowest BCUT2D eigenvalue weighted by atomic mass is 10.9. The number of nitrogens with zero attached hydrogens (tertiary/aromatic N) is 1. The van der Waals surface area contributed by atoms with Crippen LogP contribution in [-0.4, -0.2) is 25.1 Å². The summed E-state index contributed by atoms with van der Waals surface area (Å²) in [6, 6.07) is 0. The lowest BCUT2D eigenvalue weighted by Crippen LogP contribution is -2.19. The topological polar surface area (TPSA) is 29.5 Å². The smallest absolute Gasteiger partial charge is 0.378 e. The Morgan fingerprint density at radius 1 is 1.71 bits per heavy atom. The SMILES string of the molecule is CN(C)C(=O)OI. The Morgan fingerprint density at radius 2 is 2.14 bits per heavy atom. The molecule has 0 unspecified atom stereocenters. The van der Waals surface area contributed by atoms with E-state index in [0.717, 1.165) is 0 Å². The number of rotatable bonds is 0. The van der Waals surface area contributed by atoms with Crippen LogP contribution in [0.1, 0.15) is 0 Å². The van der Waals surface area contributed by atoms with Crippen molar-refractivity contribution in [3.8, 4) is 0 Å². The predicted octanol–water partition coefficient (Wildman–Crippen LogP) is 1.03. The molecular weight excluding hydrogens is 209 g/mol. The highest BCUT2D eigenvalue weighted by molar-refractivity contribution is 14.1. The molecule has 0 aliphatic carbocycles. The molecule has 0 rings (SSSR count). The molecule has 42 valence electrons. The minimum Gasteiger partial charge on any atom is -0.378 e. The van der Waals surface area contributed by atoms with Gasteiger partial charge in [0.1, 0.15) is 0 Å². The second kappa shape index (κ2) is 3.06. The summed E-state index contributed by atoms with van der Waals surface area (Å²) < 4.78 is 4.27. The minimum absolute atomic E-state index is 0.333. The van der Waals surface area contributed by atoms with Crippen molar-refractivity contribution in [1.82, 2.24) is 4.90 Å². The van der Waals surface area contributed by atoms with E-state index < -0.39 is 0 Å². The van der Waals surface area contributed by atoms with E-state index in [1.54, 1.807) is 14.1 Å². The summed E-state index contributed by atoms with van der Waals surface area (Å²) >= 11 is 1.54. The largest absolute Gasteiger partial charge is 0.418 e. The summed E-state index contributed by atoms with van der Waals surface area (Å²) in [6.45, 7) is 0. The molecule has 3 nitrogen and oxygen atoms in total. The Balaban J connectivity index is 3.35. The summed E-state index contributed by atoms with van der Waals surface area (Å²) in [4.78, 5) is 11.6. The lowest BCUT2D eigenvalue weighted by Gasteiger charge is -2.03. The second-order valence-electron chi connectivity index (χ2n) is 1.24.